The number of Topliss-reactive ketones (excluding diaryl/α,β-unsaturated/α-hetero) is 1. The molecule has 17 heavy (non-hydrogen) atoms. The highest BCUT2D eigenvalue weighted by atomic mass is 35.5. The zero-order chi connectivity index (χ0) is 12.4. The third-order valence-electron chi connectivity index (χ3n) is 2.28. The van der Waals surface area contributed by atoms with E-state index in [4.69, 9.17) is 27.9 Å². The maximum atomic E-state index is 11.8. The van der Waals surface area contributed by atoms with Crippen LogP contribution in [0, 0.1) is 0 Å². The van der Waals surface area contributed by atoms with Crippen molar-refractivity contribution in [1.29, 1.82) is 0 Å². The lowest BCUT2D eigenvalue weighted by molar-refractivity contribution is -0.138. The summed E-state index contributed by atoms with van der Waals surface area (Å²) in [7, 11) is 0. The number of ether oxygens (including phenoxy) is 1. The van der Waals surface area contributed by atoms with Gasteiger partial charge in [-0.15, -0.1) is 0 Å². The number of aromatic nitrogens is 1. The summed E-state index contributed by atoms with van der Waals surface area (Å²) in [5, 5.41) is -0.0791. The van der Waals surface area contributed by atoms with Crippen LogP contribution in [-0.2, 0) is 9.53 Å². The van der Waals surface area contributed by atoms with Crippen LogP contribution in [0.1, 0.15) is 16.8 Å². The van der Waals surface area contributed by atoms with E-state index < -0.39 is 12.1 Å². The highest BCUT2D eigenvalue weighted by Crippen LogP contribution is 2.31. The molecule has 0 saturated heterocycles. The molecular weight excluding hydrogens is 265 g/mol. The molecule has 1 aliphatic heterocycles. The zero-order valence-corrected chi connectivity index (χ0v) is 10.0. The standard InChI is InChI=1S/C11H7Cl2NO3/c12-9-8(17-11(16)10(9)13)4-7(15)6-2-1-3-14-5-6/h1-3,5,8H,4H2. The summed E-state index contributed by atoms with van der Waals surface area (Å²) in [6.07, 6.45) is 2.19. The second kappa shape index (κ2) is 4.85. The average molecular weight is 272 g/mol. The van der Waals surface area contributed by atoms with E-state index in [1.54, 1.807) is 18.3 Å². The Labute approximate surface area is 107 Å². The van der Waals surface area contributed by atoms with Gasteiger partial charge >= 0.3 is 5.97 Å². The van der Waals surface area contributed by atoms with Crippen LogP contribution in [0.5, 0.6) is 0 Å². The first-order valence-corrected chi connectivity index (χ1v) is 5.54. The second-order valence-corrected chi connectivity index (χ2v) is 4.21. The predicted octanol–water partition coefficient (Wildman–Crippen LogP) is 2.27. The third-order valence-corrected chi connectivity index (χ3v) is 3.16. The molecule has 0 N–H and O–H groups in total. The molecule has 4 nitrogen and oxygen atoms in total. The molecule has 1 aromatic heterocycles. The molecule has 0 saturated carbocycles. The Bertz CT molecular complexity index is 499. The Balaban J connectivity index is 2.09. The van der Waals surface area contributed by atoms with Crippen LogP contribution in [0.25, 0.3) is 0 Å². The van der Waals surface area contributed by atoms with Crippen molar-refractivity contribution in [2.75, 3.05) is 0 Å². The van der Waals surface area contributed by atoms with E-state index >= 15 is 0 Å². The monoisotopic (exact) mass is 271 g/mol. The van der Waals surface area contributed by atoms with Gasteiger partial charge in [-0.05, 0) is 12.1 Å². The lowest BCUT2D eigenvalue weighted by atomic mass is 10.1. The van der Waals surface area contributed by atoms with E-state index in [9.17, 15) is 9.59 Å². The van der Waals surface area contributed by atoms with Gasteiger partial charge in [-0.1, -0.05) is 23.2 Å². The summed E-state index contributed by atoms with van der Waals surface area (Å²) in [5.41, 5.74) is 0.441. The maximum absolute atomic E-state index is 11.8. The van der Waals surface area contributed by atoms with Crippen LogP contribution in [0.15, 0.2) is 34.6 Å². The SMILES string of the molecule is O=C1OC(CC(=O)c2cccnc2)C(Cl)=C1Cl. The molecule has 1 aromatic rings. The van der Waals surface area contributed by atoms with Gasteiger partial charge in [0.2, 0.25) is 0 Å². The predicted molar refractivity (Wildman–Crippen MR) is 61.8 cm³/mol. The molecule has 2 rings (SSSR count). The number of carbonyl (C=O) groups excluding carboxylic acids is 2. The molecule has 0 spiro atoms. The Morgan fingerprint density at radius 2 is 2.24 bits per heavy atom. The number of esters is 1. The number of cyclic esters (lactones) is 1. The van der Waals surface area contributed by atoms with Crippen molar-refractivity contribution < 1.29 is 14.3 Å². The molecule has 0 aliphatic carbocycles. The highest BCUT2D eigenvalue weighted by molar-refractivity contribution is 6.48. The fourth-order valence-corrected chi connectivity index (χ4v) is 1.78. The van der Waals surface area contributed by atoms with Gasteiger partial charge in [-0.25, -0.2) is 4.79 Å². The summed E-state index contributed by atoms with van der Waals surface area (Å²) in [5.74, 6) is -0.902. The molecule has 0 aromatic carbocycles. The van der Waals surface area contributed by atoms with Crippen molar-refractivity contribution in [2.45, 2.75) is 12.5 Å². The van der Waals surface area contributed by atoms with Crippen LogP contribution in [0.3, 0.4) is 0 Å². The average Bonchev–Trinajstić information content (AvgIpc) is 2.58. The van der Waals surface area contributed by atoms with E-state index in [1.165, 1.54) is 6.20 Å². The maximum Gasteiger partial charge on any atom is 0.351 e. The van der Waals surface area contributed by atoms with Gasteiger partial charge in [0.05, 0.1) is 11.5 Å². The van der Waals surface area contributed by atoms with Gasteiger partial charge in [0.25, 0.3) is 0 Å². The van der Waals surface area contributed by atoms with Crippen LogP contribution in [0.4, 0.5) is 0 Å². The van der Waals surface area contributed by atoms with Crippen LogP contribution < -0.4 is 0 Å². The Morgan fingerprint density at radius 1 is 1.47 bits per heavy atom. The van der Waals surface area contributed by atoms with Crippen molar-refractivity contribution in [2.24, 2.45) is 0 Å². The van der Waals surface area contributed by atoms with Crippen LogP contribution in [-0.4, -0.2) is 22.8 Å². The van der Waals surface area contributed by atoms with Crippen molar-refractivity contribution >= 4 is 35.0 Å². The number of hydrogen-bond donors (Lipinski definition) is 0. The van der Waals surface area contributed by atoms with Crippen molar-refractivity contribution in [3.8, 4) is 0 Å². The molecule has 0 fully saturated rings. The fourth-order valence-electron chi connectivity index (χ4n) is 1.42. The minimum Gasteiger partial charge on any atom is -0.452 e. The number of halogens is 2. The molecule has 1 aliphatic rings. The molecular formula is C11H7Cl2NO3. The molecule has 0 radical (unpaired) electrons. The van der Waals surface area contributed by atoms with Gasteiger partial charge < -0.3 is 4.74 Å². The fraction of sp³-hybridized carbons (Fsp3) is 0.182. The normalized spacial score (nSPS) is 19.4. The quantitative estimate of drug-likeness (QED) is 0.625. The summed E-state index contributed by atoms with van der Waals surface area (Å²) < 4.78 is 4.86. The van der Waals surface area contributed by atoms with Crippen LogP contribution in [0.2, 0.25) is 0 Å². The van der Waals surface area contributed by atoms with Gasteiger partial charge in [0.1, 0.15) is 11.1 Å². The van der Waals surface area contributed by atoms with Crippen LogP contribution >= 0.6 is 23.2 Å². The number of pyridine rings is 1. The number of carbonyl (C=O) groups is 2. The highest BCUT2D eigenvalue weighted by Gasteiger charge is 2.33. The summed E-state index contributed by atoms with van der Waals surface area (Å²) in [4.78, 5) is 26.7. The summed E-state index contributed by atoms with van der Waals surface area (Å²) in [6, 6.07) is 3.28. The van der Waals surface area contributed by atoms with E-state index in [0.717, 1.165) is 0 Å². The first-order valence-electron chi connectivity index (χ1n) is 4.79. The van der Waals surface area contributed by atoms with Gasteiger partial charge in [0, 0.05) is 18.0 Å². The zero-order valence-electron chi connectivity index (χ0n) is 8.52. The topological polar surface area (TPSA) is 56.3 Å². The molecule has 88 valence electrons. The smallest absolute Gasteiger partial charge is 0.351 e. The van der Waals surface area contributed by atoms with E-state index in [0.29, 0.717) is 5.56 Å². The molecule has 1 atom stereocenters. The van der Waals surface area contributed by atoms with E-state index in [1.807, 2.05) is 0 Å². The lowest BCUT2D eigenvalue weighted by Gasteiger charge is -2.08. The minimum absolute atomic E-state index is 0.0352. The molecule has 6 heteroatoms. The van der Waals surface area contributed by atoms with Crippen molar-refractivity contribution in [3.05, 3.63) is 40.2 Å². The van der Waals surface area contributed by atoms with Gasteiger partial charge in [0.15, 0.2) is 5.78 Å². The summed E-state index contributed by atoms with van der Waals surface area (Å²) >= 11 is 11.4. The van der Waals surface area contributed by atoms with E-state index in [2.05, 4.69) is 4.98 Å². The van der Waals surface area contributed by atoms with E-state index in [-0.39, 0.29) is 22.3 Å². The van der Waals surface area contributed by atoms with Gasteiger partial charge in [-0.3, -0.25) is 9.78 Å². The van der Waals surface area contributed by atoms with Crippen molar-refractivity contribution in [1.82, 2.24) is 4.98 Å². The number of ketones is 1. The van der Waals surface area contributed by atoms with Gasteiger partial charge in [-0.2, -0.15) is 0 Å². The Morgan fingerprint density at radius 3 is 2.76 bits per heavy atom. The number of hydrogen-bond acceptors (Lipinski definition) is 4. The molecule has 1 unspecified atom stereocenters. The third kappa shape index (κ3) is 2.48. The summed E-state index contributed by atoms with van der Waals surface area (Å²) in [6.45, 7) is 0. The minimum atomic E-state index is -0.788. The van der Waals surface area contributed by atoms with Crippen molar-refractivity contribution in [3.63, 3.8) is 0 Å². The Kier molecular flexibility index (Phi) is 3.45. The lowest BCUT2D eigenvalue weighted by Crippen LogP contribution is -2.15. The first-order chi connectivity index (χ1) is 8.09. The first kappa shape index (κ1) is 12.1. The molecule has 2 heterocycles. The largest absolute Gasteiger partial charge is 0.452 e. The molecule has 0 bridgehead atoms. The molecule has 0 amide bonds. The second-order valence-electron chi connectivity index (χ2n) is 3.42. The Hall–Kier alpha value is -1.39. The number of rotatable bonds is 3. The number of nitrogens with zero attached hydrogens (tertiary/aromatic N) is 1.